The molecule has 1 heterocycles. The molecule has 1 saturated heterocycles. The second kappa shape index (κ2) is 8.20. The first kappa shape index (κ1) is 16.0. The smallest absolute Gasteiger partial charge is 0.321 e. The van der Waals surface area contributed by atoms with E-state index in [-0.39, 0.29) is 12.1 Å². The van der Waals surface area contributed by atoms with Crippen molar-refractivity contribution in [3.8, 4) is 6.07 Å². The van der Waals surface area contributed by atoms with Gasteiger partial charge in [-0.05, 0) is 53.6 Å². The number of nitriles is 1. The minimum Gasteiger partial charge on any atom is -0.376 e. The predicted octanol–water partition coefficient (Wildman–Crippen LogP) is 3.22. The van der Waals surface area contributed by atoms with Crippen molar-refractivity contribution >= 4 is 34.3 Å². The molecule has 1 aromatic carbocycles. The lowest BCUT2D eigenvalue weighted by Crippen LogP contribution is -2.40. The molecule has 6 heteroatoms. The number of rotatable bonds is 5. The number of halogens is 1. The van der Waals surface area contributed by atoms with E-state index in [1.807, 2.05) is 24.3 Å². The molecule has 2 amide bonds. The molecule has 0 radical (unpaired) electrons. The molecule has 1 aromatic rings. The zero-order chi connectivity index (χ0) is 15.1. The van der Waals surface area contributed by atoms with Gasteiger partial charge < -0.3 is 15.0 Å². The number of ether oxygens (including phenoxy) is 1. The molecule has 2 rings (SSSR count). The molecule has 0 aliphatic carbocycles. The maximum atomic E-state index is 12.4. The van der Waals surface area contributed by atoms with E-state index in [1.165, 1.54) is 0 Å². The van der Waals surface area contributed by atoms with Crippen LogP contribution >= 0.6 is 22.6 Å². The summed E-state index contributed by atoms with van der Waals surface area (Å²) < 4.78 is 6.64. The molecule has 1 aliphatic heterocycles. The van der Waals surface area contributed by atoms with Gasteiger partial charge in [0, 0.05) is 29.0 Å². The standard InChI is InChI=1S/C15H18IN3O2/c16-12-4-1-5-13(10-12)18-15(20)19(8-3-7-17)11-14-6-2-9-21-14/h1,4-5,10,14H,2-3,6,8-9,11H2,(H,18,20). The summed E-state index contributed by atoms with van der Waals surface area (Å²) in [6.45, 7) is 1.72. The maximum absolute atomic E-state index is 12.4. The van der Waals surface area contributed by atoms with Crippen LogP contribution < -0.4 is 5.32 Å². The topological polar surface area (TPSA) is 65.4 Å². The lowest BCUT2D eigenvalue weighted by atomic mass is 10.2. The zero-order valence-electron chi connectivity index (χ0n) is 11.7. The number of nitrogens with zero attached hydrogens (tertiary/aromatic N) is 2. The van der Waals surface area contributed by atoms with Gasteiger partial charge in [-0.1, -0.05) is 6.07 Å². The number of amides is 2. The van der Waals surface area contributed by atoms with E-state index < -0.39 is 0 Å². The van der Waals surface area contributed by atoms with Crippen molar-refractivity contribution in [1.29, 1.82) is 5.26 Å². The summed E-state index contributed by atoms with van der Waals surface area (Å²) in [5, 5.41) is 11.6. The van der Waals surface area contributed by atoms with Crippen LogP contribution in [0.25, 0.3) is 0 Å². The van der Waals surface area contributed by atoms with Gasteiger partial charge in [0.05, 0.1) is 18.6 Å². The van der Waals surface area contributed by atoms with Crippen molar-refractivity contribution in [3.05, 3.63) is 27.8 Å². The number of carbonyl (C=O) groups excluding carboxylic acids is 1. The molecule has 0 bridgehead atoms. The van der Waals surface area contributed by atoms with E-state index >= 15 is 0 Å². The summed E-state index contributed by atoms with van der Waals surface area (Å²) in [6.07, 6.45) is 2.42. The Balaban J connectivity index is 1.97. The number of carbonyl (C=O) groups is 1. The van der Waals surface area contributed by atoms with E-state index in [0.717, 1.165) is 28.7 Å². The van der Waals surface area contributed by atoms with Crippen LogP contribution in [0, 0.1) is 14.9 Å². The summed E-state index contributed by atoms with van der Waals surface area (Å²) in [5.41, 5.74) is 0.765. The molecule has 0 spiro atoms. The molecule has 1 aliphatic rings. The molecular formula is C15H18IN3O2. The third-order valence-corrected chi connectivity index (χ3v) is 3.98. The second-order valence-corrected chi connectivity index (χ2v) is 6.18. The fourth-order valence-electron chi connectivity index (χ4n) is 2.26. The van der Waals surface area contributed by atoms with Crippen molar-refractivity contribution in [1.82, 2.24) is 4.90 Å². The van der Waals surface area contributed by atoms with Gasteiger partial charge in [-0.15, -0.1) is 0 Å². The molecule has 5 nitrogen and oxygen atoms in total. The predicted molar refractivity (Wildman–Crippen MR) is 89.0 cm³/mol. The third kappa shape index (κ3) is 5.17. The molecular weight excluding hydrogens is 381 g/mol. The number of hydrogen-bond donors (Lipinski definition) is 1. The van der Waals surface area contributed by atoms with Gasteiger partial charge in [0.2, 0.25) is 0 Å². The summed E-state index contributed by atoms with van der Waals surface area (Å²) in [6, 6.07) is 9.54. The van der Waals surface area contributed by atoms with Crippen LogP contribution in [0.2, 0.25) is 0 Å². The number of hydrogen-bond acceptors (Lipinski definition) is 3. The minimum absolute atomic E-state index is 0.0883. The number of urea groups is 1. The molecule has 1 atom stereocenters. The Morgan fingerprint density at radius 3 is 3.10 bits per heavy atom. The SMILES string of the molecule is N#CCCN(CC1CCCO1)C(=O)Nc1cccc(I)c1. The summed E-state index contributed by atoms with van der Waals surface area (Å²) in [7, 11) is 0. The van der Waals surface area contributed by atoms with E-state index in [0.29, 0.717) is 19.5 Å². The first-order valence-corrected chi connectivity index (χ1v) is 8.07. The Morgan fingerprint density at radius 1 is 1.57 bits per heavy atom. The Hall–Kier alpha value is -1.33. The van der Waals surface area contributed by atoms with Crippen LogP contribution in [0.4, 0.5) is 10.5 Å². The lowest BCUT2D eigenvalue weighted by Gasteiger charge is -2.25. The number of anilines is 1. The molecule has 1 N–H and O–H groups in total. The lowest BCUT2D eigenvalue weighted by molar-refractivity contribution is 0.0841. The van der Waals surface area contributed by atoms with Crippen molar-refractivity contribution in [2.45, 2.75) is 25.4 Å². The maximum Gasteiger partial charge on any atom is 0.321 e. The van der Waals surface area contributed by atoms with Gasteiger partial charge >= 0.3 is 6.03 Å². The van der Waals surface area contributed by atoms with Crippen molar-refractivity contribution in [3.63, 3.8) is 0 Å². The zero-order valence-corrected chi connectivity index (χ0v) is 13.9. The van der Waals surface area contributed by atoms with Crippen LogP contribution in [0.5, 0.6) is 0 Å². The van der Waals surface area contributed by atoms with Gasteiger partial charge in [-0.3, -0.25) is 0 Å². The van der Waals surface area contributed by atoms with E-state index in [9.17, 15) is 4.79 Å². The number of benzene rings is 1. The summed E-state index contributed by atoms with van der Waals surface area (Å²) in [5.74, 6) is 0. The molecule has 1 unspecified atom stereocenters. The average Bonchev–Trinajstić information content (AvgIpc) is 2.96. The van der Waals surface area contributed by atoms with Crippen LogP contribution in [-0.2, 0) is 4.74 Å². The van der Waals surface area contributed by atoms with Crippen molar-refractivity contribution in [2.75, 3.05) is 25.0 Å². The van der Waals surface area contributed by atoms with Crippen LogP contribution in [-0.4, -0.2) is 36.7 Å². The first-order chi connectivity index (χ1) is 10.2. The van der Waals surface area contributed by atoms with Crippen LogP contribution in [0.15, 0.2) is 24.3 Å². The highest BCUT2D eigenvalue weighted by molar-refractivity contribution is 14.1. The fraction of sp³-hybridized carbons (Fsp3) is 0.467. The minimum atomic E-state index is -0.178. The van der Waals surface area contributed by atoms with Crippen LogP contribution in [0.3, 0.4) is 0 Å². The highest BCUT2D eigenvalue weighted by Crippen LogP contribution is 2.16. The first-order valence-electron chi connectivity index (χ1n) is 6.99. The highest BCUT2D eigenvalue weighted by Gasteiger charge is 2.22. The Morgan fingerprint density at radius 2 is 2.43 bits per heavy atom. The monoisotopic (exact) mass is 399 g/mol. The van der Waals surface area contributed by atoms with E-state index in [4.69, 9.17) is 10.00 Å². The Kier molecular flexibility index (Phi) is 6.26. The second-order valence-electron chi connectivity index (χ2n) is 4.93. The Labute approximate surface area is 138 Å². The average molecular weight is 399 g/mol. The molecule has 112 valence electrons. The normalized spacial score (nSPS) is 17.2. The quantitative estimate of drug-likeness (QED) is 0.774. The molecule has 0 aromatic heterocycles. The fourth-order valence-corrected chi connectivity index (χ4v) is 2.81. The van der Waals surface area contributed by atoms with Gasteiger partial charge in [-0.25, -0.2) is 4.79 Å². The third-order valence-electron chi connectivity index (χ3n) is 3.30. The molecule has 1 fully saturated rings. The van der Waals surface area contributed by atoms with E-state index in [2.05, 4.69) is 34.0 Å². The van der Waals surface area contributed by atoms with Gasteiger partial charge in [0.15, 0.2) is 0 Å². The molecule has 21 heavy (non-hydrogen) atoms. The largest absolute Gasteiger partial charge is 0.376 e. The van der Waals surface area contributed by atoms with Crippen molar-refractivity contribution < 1.29 is 9.53 Å². The summed E-state index contributed by atoms with van der Waals surface area (Å²) in [4.78, 5) is 14.0. The van der Waals surface area contributed by atoms with Gasteiger partial charge in [0.1, 0.15) is 0 Å². The van der Waals surface area contributed by atoms with Crippen molar-refractivity contribution in [2.24, 2.45) is 0 Å². The molecule has 0 saturated carbocycles. The Bertz CT molecular complexity index is 524. The van der Waals surface area contributed by atoms with Gasteiger partial charge in [-0.2, -0.15) is 5.26 Å². The van der Waals surface area contributed by atoms with Gasteiger partial charge in [0.25, 0.3) is 0 Å². The summed E-state index contributed by atoms with van der Waals surface area (Å²) >= 11 is 2.20. The number of nitrogens with one attached hydrogen (secondary N) is 1. The highest BCUT2D eigenvalue weighted by atomic mass is 127. The van der Waals surface area contributed by atoms with Crippen LogP contribution in [0.1, 0.15) is 19.3 Å². The van der Waals surface area contributed by atoms with E-state index in [1.54, 1.807) is 4.90 Å².